The summed E-state index contributed by atoms with van der Waals surface area (Å²) < 4.78 is 13.1. The van der Waals surface area contributed by atoms with Gasteiger partial charge < -0.3 is 9.47 Å². The summed E-state index contributed by atoms with van der Waals surface area (Å²) in [5.74, 6) is 2.18. The van der Waals surface area contributed by atoms with Gasteiger partial charge in [-0.15, -0.1) is 0 Å². The third kappa shape index (κ3) is 1.19. The molecule has 0 saturated carbocycles. The molecule has 0 bridgehead atoms. The van der Waals surface area contributed by atoms with Crippen LogP contribution in [0.5, 0.6) is 11.6 Å². The number of methoxy groups -OCH3 is 1. The summed E-state index contributed by atoms with van der Waals surface area (Å²) in [6.45, 7) is 0.470. The molecule has 0 aliphatic carbocycles. The van der Waals surface area contributed by atoms with Crippen molar-refractivity contribution in [1.82, 2.24) is 19.7 Å². The molecule has 108 valence electrons. The SMILES string of the molecule is COc1ccc2c(n1)C1(CO2)c2ccccc2-n2ncnc21. The maximum Gasteiger partial charge on any atom is 0.213 e. The zero-order valence-corrected chi connectivity index (χ0v) is 11.9. The van der Waals surface area contributed by atoms with E-state index in [1.165, 1.54) is 0 Å². The Bertz CT molecular complexity index is 905. The zero-order chi connectivity index (χ0) is 14.7. The van der Waals surface area contributed by atoms with E-state index in [0.717, 1.165) is 28.5 Å². The number of nitrogens with zero attached hydrogens (tertiary/aromatic N) is 4. The van der Waals surface area contributed by atoms with E-state index in [2.05, 4.69) is 21.1 Å². The molecule has 1 spiro atoms. The van der Waals surface area contributed by atoms with Gasteiger partial charge in [0.25, 0.3) is 0 Å². The minimum atomic E-state index is -0.517. The Morgan fingerprint density at radius 1 is 1.23 bits per heavy atom. The quantitative estimate of drug-likeness (QED) is 0.683. The minimum absolute atomic E-state index is 0.470. The number of hydrogen-bond donors (Lipinski definition) is 0. The monoisotopic (exact) mass is 292 g/mol. The Kier molecular flexibility index (Phi) is 2.05. The van der Waals surface area contributed by atoms with Gasteiger partial charge in [-0.05, 0) is 12.1 Å². The molecule has 1 unspecified atom stereocenters. The Morgan fingerprint density at radius 2 is 2.14 bits per heavy atom. The van der Waals surface area contributed by atoms with E-state index < -0.39 is 5.41 Å². The third-order valence-electron chi connectivity index (χ3n) is 4.41. The third-order valence-corrected chi connectivity index (χ3v) is 4.41. The lowest BCUT2D eigenvalue weighted by Gasteiger charge is -2.20. The zero-order valence-electron chi connectivity index (χ0n) is 11.9. The van der Waals surface area contributed by atoms with Crippen molar-refractivity contribution in [2.24, 2.45) is 0 Å². The maximum atomic E-state index is 5.92. The smallest absolute Gasteiger partial charge is 0.213 e. The Balaban J connectivity index is 1.88. The summed E-state index contributed by atoms with van der Waals surface area (Å²) >= 11 is 0. The first kappa shape index (κ1) is 11.7. The van der Waals surface area contributed by atoms with Gasteiger partial charge in [-0.1, -0.05) is 18.2 Å². The van der Waals surface area contributed by atoms with E-state index >= 15 is 0 Å². The van der Waals surface area contributed by atoms with Crippen molar-refractivity contribution in [3.8, 4) is 17.3 Å². The summed E-state index contributed by atoms with van der Waals surface area (Å²) in [6, 6.07) is 11.9. The van der Waals surface area contributed by atoms with Gasteiger partial charge in [0.1, 0.15) is 29.8 Å². The number of para-hydroxylation sites is 1. The maximum absolute atomic E-state index is 5.92. The van der Waals surface area contributed by atoms with Crippen molar-refractivity contribution in [2.75, 3.05) is 13.7 Å². The average Bonchev–Trinajstić information content (AvgIpc) is 3.24. The molecule has 6 nitrogen and oxygen atoms in total. The highest BCUT2D eigenvalue weighted by molar-refractivity contribution is 5.64. The van der Waals surface area contributed by atoms with Gasteiger partial charge in [-0.3, -0.25) is 0 Å². The number of hydrogen-bond acceptors (Lipinski definition) is 5. The molecule has 2 aromatic heterocycles. The summed E-state index contributed by atoms with van der Waals surface area (Å²) in [5, 5.41) is 4.36. The molecule has 4 heterocycles. The molecule has 2 aliphatic rings. The van der Waals surface area contributed by atoms with Crippen LogP contribution in [0, 0.1) is 0 Å². The first-order chi connectivity index (χ1) is 10.8. The predicted octanol–water partition coefficient (Wildman–Crippen LogP) is 1.71. The van der Waals surface area contributed by atoms with Crippen LogP contribution < -0.4 is 9.47 Å². The van der Waals surface area contributed by atoms with Crippen molar-refractivity contribution >= 4 is 0 Å². The summed E-state index contributed by atoms with van der Waals surface area (Å²) in [7, 11) is 1.61. The Morgan fingerprint density at radius 3 is 3.05 bits per heavy atom. The molecule has 2 aliphatic heterocycles. The summed E-state index contributed by atoms with van der Waals surface area (Å²) in [4.78, 5) is 9.15. The second-order valence-corrected chi connectivity index (χ2v) is 5.41. The molecule has 0 radical (unpaired) electrons. The van der Waals surface area contributed by atoms with Crippen LogP contribution in [0.4, 0.5) is 0 Å². The number of fused-ring (bicyclic) bond motifs is 7. The molecule has 0 saturated heterocycles. The van der Waals surface area contributed by atoms with Crippen molar-refractivity contribution in [3.63, 3.8) is 0 Å². The van der Waals surface area contributed by atoms with Crippen LogP contribution in [0.3, 0.4) is 0 Å². The lowest BCUT2D eigenvalue weighted by molar-refractivity contribution is 0.310. The van der Waals surface area contributed by atoms with Crippen molar-refractivity contribution in [1.29, 1.82) is 0 Å². The lowest BCUT2D eigenvalue weighted by atomic mass is 9.79. The van der Waals surface area contributed by atoms with Gasteiger partial charge in [0, 0.05) is 11.6 Å². The summed E-state index contributed by atoms with van der Waals surface area (Å²) in [6.07, 6.45) is 1.57. The van der Waals surface area contributed by atoms with E-state index in [-0.39, 0.29) is 0 Å². The largest absolute Gasteiger partial charge is 0.490 e. The van der Waals surface area contributed by atoms with Gasteiger partial charge in [0.2, 0.25) is 5.88 Å². The molecule has 0 N–H and O–H groups in total. The summed E-state index contributed by atoms with van der Waals surface area (Å²) in [5.41, 5.74) is 2.46. The topological polar surface area (TPSA) is 62.1 Å². The molecule has 22 heavy (non-hydrogen) atoms. The highest BCUT2D eigenvalue weighted by Crippen LogP contribution is 2.51. The first-order valence-electron chi connectivity index (χ1n) is 7.03. The van der Waals surface area contributed by atoms with Crippen LogP contribution in [0.25, 0.3) is 5.69 Å². The van der Waals surface area contributed by atoms with E-state index in [0.29, 0.717) is 12.5 Å². The second kappa shape index (κ2) is 3.85. The van der Waals surface area contributed by atoms with Gasteiger partial charge in [-0.2, -0.15) is 5.10 Å². The molecule has 0 fully saturated rings. The molecule has 5 rings (SSSR count). The molecule has 3 aromatic rings. The first-order valence-corrected chi connectivity index (χ1v) is 7.03. The fourth-order valence-corrected chi connectivity index (χ4v) is 3.44. The molecule has 1 aromatic carbocycles. The second-order valence-electron chi connectivity index (χ2n) is 5.41. The van der Waals surface area contributed by atoms with Crippen LogP contribution >= 0.6 is 0 Å². The van der Waals surface area contributed by atoms with Crippen LogP contribution in [-0.4, -0.2) is 33.5 Å². The molecule has 0 amide bonds. The van der Waals surface area contributed by atoms with E-state index in [4.69, 9.17) is 9.47 Å². The number of pyridine rings is 1. The van der Waals surface area contributed by atoms with Gasteiger partial charge in [0.05, 0.1) is 12.8 Å². The lowest BCUT2D eigenvalue weighted by Crippen LogP contribution is -2.30. The van der Waals surface area contributed by atoms with Crippen LogP contribution in [0.2, 0.25) is 0 Å². The Labute approximate surface area is 126 Å². The molecular formula is C16H12N4O2. The fraction of sp³-hybridized carbons (Fsp3) is 0.188. The number of aromatic nitrogens is 4. The highest BCUT2D eigenvalue weighted by atomic mass is 16.5. The molecule has 1 atom stereocenters. The van der Waals surface area contributed by atoms with Gasteiger partial charge >= 0.3 is 0 Å². The van der Waals surface area contributed by atoms with E-state index in [9.17, 15) is 0 Å². The average molecular weight is 292 g/mol. The van der Waals surface area contributed by atoms with E-state index in [1.807, 2.05) is 35.0 Å². The predicted molar refractivity (Wildman–Crippen MR) is 77.5 cm³/mol. The van der Waals surface area contributed by atoms with Crippen molar-refractivity contribution in [3.05, 3.63) is 59.8 Å². The van der Waals surface area contributed by atoms with Crippen LogP contribution in [-0.2, 0) is 5.41 Å². The van der Waals surface area contributed by atoms with Gasteiger partial charge in [0.15, 0.2) is 5.82 Å². The van der Waals surface area contributed by atoms with Crippen molar-refractivity contribution in [2.45, 2.75) is 5.41 Å². The van der Waals surface area contributed by atoms with E-state index in [1.54, 1.807) is 13.4 Å². The number of rotatable bonds is 1. The molecular weight excluding hydrogens is 280 g/mol. The fourth-order valence-electron chi connectivity index (χ4n) is 3.44. The van der Waals surface area contributed by atoms with Gasteiger partial charge in [-0.25, -0.2) is 14.6 Å². The van der Waals surface area contributed by atoms with Crippen LogP contribution in [0.1, 0.15) is 17.1 Å². The Hall–Kier alpha value is -2.89. The standard InChI is InChI=1S/C16H12N4O2/c1-21-13-7-6-12-14(19-13)16(8-22-12)10-4-2-3-5-11(10)20-15(16)17-9-18-20/h2-7,9H,8H2,1H3. The highest BCUT2D eigenvalue weighted by Gasteiger charge is 2.54. The normalized spacial score (nSPS) is 20.4. The number of ether oxygens (including phenoxy) is 2. The van der Waals surface area contributed by atoms with Crippen molar-refractivity contribution < 1.29 is 9.47 Å². The van der Waals surface area contributed by atoms with Crippen LogP contribution in [0.15, 0.2) is 42.7 Å². The minimum Gasteiger partial charge on any atom is -0.490 e. The number of benzene rings is 1. The molecule has 6 heteroatoms.